The van der Waals surface area contributed by atoms with Gasteiger partial charge in [-0.25, -0.2) is 0 Å². The lowest BCUT2D eigenvalue weighted by Gasteiger charge is -2.33. The number of rotatable bonds is 3. The summed E-state index contributed by atoms with van der Waals surface area (Å²) in [6.45, 7) is 5.69. The normalized spacial score (nSPS) is 17.8. The summed E-state index contributed by atoms with van der Waals surface area (Å²) in [5, 5.41) is 2.01. The van der Waals surface area contributed by atoms with Gasteiger partial charge in [0, 0.05) is 32.0 Å². The third-order valence-electron chi connectivity index (χ3n) is 4.10. The van der Waals surface area contributed by atoms with Crippen LogP contribution in [0.25, 0.3) is 0 Å². The van der Waals surface area contributed by atoms with Crippen LogP contribution in [0.2, 0.25) is 0 Å². The van der Waals surface area contributed by atoms with Crippen molar-refractivity contribution >= 4 is 22.9 Å². The van der Waals surface area contributed by atoms with E-state index in [2.05, 4.69) is 9.88 Å². The van der Waals surface area contributed by atoms with Gasteiger partial charge >= 0.3 is 0 Å². The van der Waals surface area contributed by atoms with Gasteiger partial charge in [0.25, 0.3) is 5.91 Å². The first-order valence-electron chi connectivity index (χ1n) is 8.06. The molecule has 0 bridgehead atoms. The Bertz CT molecular complexity index is 742. The van der Waals surface area contributed by atoms with Crippen molar-refractivity contribution in [2.75, 3.05) is 38.7 Å². The van der Waals surface area contributed by atoms with E-state index in [1.54, 1.807) is 0 Å². The highest BCUT2D eigenvalue weighted by Gasteiger charge is 2.28. The van der Waals surface area contributed by atoms with Crippen LogP contribution >= 0.6 is 11.3 Å². The fourth-order valence-electron chi connectivity index (χ4n) is 2.81. The number of pyridine rings is 1. The van der Waals surface area contributed by atoms with Crippen molar-refractivity contribution in [3.05, 3.63) is 45.4 Å². The molecule has 3 heterocycles. The number of aryl methyl sites for hydroxylation is 2. The molecule has 1 unspecified atom stereocenters. The summed E-state index contributed by atoms with van der Waals surface area (Å²) >= 11 is 1.50. The molecule has 24 heavy (non-hydrogen) atoms. The lowest BCUT2D eigenvalue weighted by atomic mass is 10.1. The third-order valence-corrected chi connectivity index (χ3v) is 5.14. The van der Waals surface area contributed by atoms with Crippen molar-refractivity contribution in [1.82, 2.24) is 9.88 Å². The Morgan fingerprint density at radius 2 is 2.12 bits per heavy atom. The number of aromatic nitrogens is 1. The van der Waals surface area contributed by atoms with E-state index in [4.69, 9.17) is 4.74 Å². The van der Waals surface area contributed by atoms with E-state index in [0.29, 0.717) is 19.7 Å². The molecule has 0 saturated carbocycles. The molecule has 1 saturated heterocycles. The number of carbonyl (C=O) groups is 1. The number of anilines is 1. The molecule has 0 aliphatic carbocycles. The molecule has 0 N–H and O–H groups in total. The van der Waals surface area contributed by atoms with Gasteiger partial charge in [0.15, 0.2) is 0 Å². The van der Waals surface area contributed by atoms with E-state index < -0.39 is 0 Å². The van der Waals surface area contributed by atoms with Crippen molar-refractivity contribution in [3.63, 3.8) is 0 Å². The first-order chi connectivity index (χ1) is 11.4. The highest BCUT2D eigenvalue weighted by atomic mass is 32.1. The highest BCUT2D eigenvalue weighted by molar-refractivity contribution is 7.12. The topological polar surface area (TPSA) is 45.7 Å². The fraction of sp³-hybridized carbons (Fsp3) is 0.444. The second-order valence-corrected chi connectivity index (χ2v) is 7.30. The molecule has 2 aromatic heterocycles. The smallest absolute Gasteiger partial charge is 0.264 e. The molecule has 1 atom stereocenters. The second kappa shape index (κ2) is 6.91. The van der Waals surface area contributed by atoms with Gasteiger partial charge in [-0.05, 0) is 43.0 Å². The van der Waals surface area contributed by atoms with E-state index in [0.717, 1.165) is 27.5 Å². The monoisotopic (exact) mass is 345 g/mol. The van der Waals surface area contributed by atoms with E-state index in [9.17, 15) is 4.79 Å². The average molecular weight is 345 g/mol. The Balaban J connectivity index is 1.79. The predicted octanol–water partition coefficient (Wildman–Crippen LogP) is 3.04. The van der Waals surface area contributed by atoms with Crippen LogP contribution in [0.1, 0.15) is 32.7 Å². The number of amides is 1. The van der Waals surface area contributed by atoms with Crippen LogP contribution in [-0.2, 0) is 4.74 Å². The first-order valence-corrected chi connectivity index (χ1v) is 8.94. The van der Waals surface area contributed by atoms with E-state index in [1.807, 2.05) is 56.4 Å². The van der Waals surface area contributed by atoms with Crippen molar-refractivity contribution < 1.29 is 9.53 Å². The van der Waals surface area contributed by atoms with Crippen LogP contribution in [-0.4, -0.2) is 49.6 Å². The Morgan fingerprint density at radius 1 is 1.33 bits per heavy atom. The Morgan fingerprint density at radius 3 is 2.79 bits per heavy atom. The lowest BCUT2D eigenvalue weighted by Crippen LogP contribution is -2.42. The molecule has 1 amide bonds. The minimum absolute atomic E-state index is 0.0851. The second-order valence-electron chi connectivity index (χ2n) is 6.38. The maximum absolute atomic E-state index is 12.7. The minimum Gasteiger partial charge on any atom is -0.378 e. The number of morpholine rings is 1. The summed E-state index contributed by atoms with van der Waals surface area (Å²) in [6, 6.07) is 6.04. The molecule has 0 spiro atoms. The maximum Gasteiger partial charge on any atom is 0.264 e. The number of nitrogens with zero attached hydrogens (tertiary/aromatic N) is 3. The number of carbonyl (C=O) groups excluding carboxylic acids is 1. The van der Waals surface area contributed by atoms with Gasteiger partial charge in [-0.1, -0.05) is 0 Å². The van der Waals surface area contributed by atoms with Crippen molar-refractivity contribution in [2.45, 2.75) is 20.0 Å². The number of hydrogen-bond acceptors (Lipinski definition) is 5. The zero-order valence-corrected chi connectivity index (χ0v) is 15.4. The zero-order chi connectivity index (χ0) is 17.3. The van der Waals surface area contributed by atoms with Crippen LogP contribution in [0.4, 0.5) is 5.69 Å². The molecule has 0 aromatic carbocycles. The summed E-state index contributed by atoms with van der Waals surface area (Å²) in [7, 11) is 4.02. The van der Waals surface area contributed by atoms with Gasteiger partial charge in [-0.2, -0.15) is 0 Å². The molecular weight excluding hydrogens is 322 g/mol. The summed E-state index contributed by atoms with van der Waals surface area (Å²) in [5.41, 5.74) is 4.07. The average Bonchev–Trinajstić information content (AvgIpc) is 3.00. The SMILES string of the molecule is Cc1csc(C(=O)N2CCOC(c3cc(N(C)C)cc(C)n3)C2)c1. The standard InChI is InChI=1S/C18H23N3O2S/c1-12-7-17(24-11-12)18(22)21-5-6-23-16(10-21)15-9-14(20(3)4)8-13(2)19-15/h7-9,11,16H,5-6,10H2,1-4H3. The largest absolute Gasteiger partial charge is 0.378 e. The molecular formula is C18H23N3O2S. The van der Waals surface area contributed by atoms with Crippen molar-refractivity contribution in [1.29, 1.82) is 0 Å². The van der Waals surface area contributed by atoms with Crippen molar-refractivity contribution in [2.24, 2.45) is 0 Å². The molecule has 2 aromatic rings. The number of thiophene rings is 1. The molecule has 1 aliphatic rings. The van der Waals surface area contributed by atoms with Crippen LogP contribution in [0.5, 0.6) is 0 Å². The Labute approximate surface area is 146 Å². The maximum atomic E-state index is 12.7. The van der Waals surface area contributed by atoms with Gasteiger partial charge < -0.3 is 14.5 Å². The van der Waals surface area contributed by atoms with Gasteiger partial charge in [0.2, 0.25) is 0 Å². The van der Waals surface area contributed by atoms with Crippen LogP contribution in [0, 0.1) is 13.8 Å². The molecule has 1 fully saturated rings. The van der Waals surface area contributed by atoms with Gasteiger partial charge in [-0.3, -0.25) is 9.78 Å². The summed E-state index contributed by atoms with van der Waals surface area (Å²) in [4.78, 5) is 22.0. The van der Waals surface area contributed by atoms with Crippen LogP contribution < -0.4 is 4.90 Å². The van der Waals surface area contributed by atoms with Crippen molar-refractivity contribution in [3.8, 4) is 0 Å². The van der Waals surface area contributed by atoms with Crippen LogP contribution in [0.15, 0.2) is 23.6 Å². The molecule has 3 rings (SSSR count). The van der Waals surface area contributed by atoms with Gasteiger partial charge in [-0.15, -0.1) is 11.3 Å². The Kier molecular flexibility index (Phi) is 4.87. The summed E-state index contributed by atoms with van der Waals surface area (Å²) < 4.78 is 5.90. The first kappa shape index (κ1) is 16.9. The van der Waals surface area contributed by atoms with Gasteiger partial charge in [0.1, 0.15) is 6.10 Å². The molecule has 5 nitrogen and oxygen atoms in total. The number of ether oxygens (including phenoxy) is 1. The van der Waals surface area contributed by atoms with E-state index >= 15 is 0 Å². The van der Waals surface area contributed by atoms with Crippen LogP contribution in [0.3, 0.4) is 0 Å². The number of hydrogen-bond donors (Lipinski definition) is 0. The van der Waals surface area contributed by atoms with Gasteiger partial charge in [0.05, 0.1) is 23.7 Å². The summed E-state index contributed by atoms with van der Waals surface area (Å²) in [5.74, 6) is 0.0851. The predicted molar refractivity (Wildman–Crippen MR) is 97.0 cm³/mol. The minimum atomic E-state index is -0.178. The fourth-order valence-corrected chi connectivity index (χ4v) is 3.68. The third kappa shape index (κ3) is 3.60. The van der Waals surface area contributed by atoms with E-state index in [1.165, 1.54) is 11.3 Å². The Hall–Kier alpha value is -1.92. The summed E-state index contributed by atoms with van der Waals surface area (Å²) in [6.07, 6.45) is -0.178. The molecule has 128 valence electrons. The molecule has 6 heteroatoms. The highest BCUT2D eigenvalue weighted by Crippen LogP contribution is 2.26. The molecule has 1 aliphatic heterocycles. The molecule has 0 radical (unpaired) electrons. The quantitative estimate of drug-likeness (QED) is 0.858. The zero-order valence-electron chi connectivity index (χ0n) is 14.6. The lowest BCUT2D eigenvalue weighted by molar-refractivity contribution is -0.0246. The van der Waals surface area contributed by atoms with E-state index in [-0.39, 0.29) is 12.0 Å².